The molecule has 6 heteroatoms. The number of amides is 1. The number of rotatable bonds is 6. The van der Waals surface area contributed by atoms with Gasteiger partial charge in [-0.3, -0.25) is 9.79 Å². The summed E-state index contributed by atoms with van der Waals surface area (Å²) in [7, 11) is 0. The van der Waals surface area contributed by atoms with Crippen molar-refractivity contribution >= 4 is 34.4 Å². The summed E-state index contributed by atoms with van der Waals surface area (Å²) in [5.74, 6) is 1.30. The topological polar surface area (TPSA) is 50.7 Å². The molecule has 0 spiro atoms. The van der Waals surface area contributed by atoms with Gasteiger partial charge in [-0.25, -0.2) is 0 Å². The second kappa shape index (κ2) is 7.52. The van der Waals surface area contributed by atoms with Crippen molar-refractivity contribution in [3.05, 3.63) is 47.0 Å². The first-order valence-corrected chi connectivity index (χ1v) is 9.99. The van der Waals surface area contributed by atoms with E-state index in [1.54, 1.807) is 11.8 Å². The molecule has 4 nitrogen and oxygen atoms in total. The van der Waals surface area contributed by atoms with Gasteiger partial charge in [0.05, 0.1) is 17.9 Å². The van der Waals surface area contributed by atoms with Gasteiger partial charge in [0.15, 0.2) is 5.17 Å². The number of aliphatic imine (C=N–C) groups is 1. The van der Waals surface area contributed by atoms with Crippen LogP contribution in [0.3, 0.4) is 0 Å². The summed E-state index contributed by atoms with van der Waals surface area (Å²) in [4.78, 5) is 16.9. The molecule has 1 N–H and O–H groups in total. The number of ether oxygens (including phenoxy) is 1. The second-order valence-corrected chi connectivity index (χ2v) is 8.41. The molecule has 1 saturated heterocycles. The SMILES string of the molecule is O=C1NC(=NC2CC3C=CC2C3)SC1CCOCc1ccccc1Cl. The van der Waals surface area contributed by atoms with Crippen LogP contribution in [0.1, 0.15) is 24.8 Å². The summed E-state index contributed by atoms with van der Waals surface area (Å²) in [5, 5.41) is 4.32. The van der Waals surface area contributed by atoms with E-state index in [-0.39, 0.29) is 11.2 Å². The molecule has 2 fully saturated rings. The summed E-state index contributed by atoms with van der Waals surface area (Å²) < 4.78 is 5.69. The number of fused-ring (bicyclic) bond motifs is 2. The van der Waals surface area contributed by atoms with E-state index >= 15 is 0 Å². The smallest absolute Gasteiger partial charge is 0.239 e. The Morgan fingerprint density at radius 2 is 2.16 bits per heavy atom. The van der Waals surface area contributed by atoms with Gasteiger partial charge >= 0.3 is 0 Å². The van der Waals surface area contributed by atoms with E-state index in [0.29, 0.717) is 42.5 Å². The Kier molecular flexibility index (Phi) is 5.15. The molecular formula is C19H21ClN2O2S. The van der Waals surface area contributed by atoms with Crippen LogP contribution < -0.4 is 5.32 Å². The highest BCUT2D eigenvalue weighted by molar-refractivity contribution is 8.15. The Labute approximate surface area is 157 Å². The Bertz CT molecular complexity index is 721. The fraction of sp³-hybridized carbons (Fsp3) is 0.474. The number of thioether (sulfide) groups is 1. The van der Waals surface area contributed by atoms with Crippen LogP contribution in [-0.4, -0.2) is 29.0 Å². The number of hydrogen-bond acceptors (Lipinski definition) is 4. The van der Waals surface area contributed by atoms with E-state index in [0.717, 1.165) is 17.2 Å². The average Bonchev–Trinajstić information content (AvgIpc) is 3.29. The summed E-state index contributed by atoms with van der Waals surface area (Å²) in [6, 6.07) is 7.99. The minimum Gasteiger partial charge on any atom is -0.377 e. The quantitative estimate of drug-likeness (QED) is 0.607. The summed E-state index contributed by atoms with van der Waals surface area (Å²) in [6.07, 6.45) is 7.61. The van der Waals surface area contributed by atoms with Crippen LogP contribution in [0, 0.1) is 11.8 Å². The first kappa shape index (κ1) is 17.1. The number of carbonyl (C=O) groups excluding carboxylic acids is 1. The Balaban J connectivity index is 1.24. The molecule has 1 aliphatic heterocycles. The number of nitrogens with zero attached hydrogens (tertiary/aromatic N) is 1. The molecule has 4 atom stereocenters. The van der Waals surface area contributed by atoms with Crippen LogP contribution in [0.2, 0.25) is 5.02 Å². The minimum atomic E-state index is -0.112. The maximum absolute atomic E-state index is 12.1. The predicted molar refractivity (Wildman–Crippen MR) is 102 cm³/mol. The number of benzene rings is 1. The molecule has 132 valence electrons. The van der Waals surface area contributed by atoms with E-state index in [1.165, 1.54) is 6.42 Å². The van der Waals surface area contributed by atoms with Gasteiger partial charge in [-0.05, 0) is 42.7 Å². The molecule has 4 unspecified atom stereocenters. The number of allylic oxidation sites excluding steroid dienone is 1. The van der Waals surface area contributed by atoms with Gasteiger partial charge in [-0.2, -0.15) is 0 Å². The van der Waals surface area contributed by atoms with Crippen LogP contribution in [0.4, 0.5) is 0 Å². The zero-order valence-electron chi connectivity index (χ0n) is 13.9. The van der Waals surface area contributed by atoms with Crippen molar-refractivity contribution in [2.75, 3.05) is 6.61 Å². The summed E-state index contributed by atoms with van der Waals surface area (Å²) >= 11 is 7.65. The maximum Gasteiger partial charge on any atom is 0.239 e. The largest absolute Gasteiger partial charge is 0.377 e. The van der Waals surface area contributed by atoms with Crippen molar-refractivity contribution in [2.45, 2.75) is 37.2 Å². The van der Waals surface area contributed by atoms with E-state index in [2.05, 4.69) is 17.5 Å². The molecule has 3 aliphatic rings. The molecule has 2 bridgehead atoms. The van der Waals surface area contributed by atoms with Crippen molar-refractivity contribution in [3.63, 3.8) is 0 Å². The molecule has 0 aromatic heterocycles. The molecule has 1 aromatic carbocycles. The molecule has 0 radical (unpaired) electrons. The third kappa shape index (κ3) is 3.94. The Morgan fingerprint density at radius 3 is 2.92 bits per heavy atom. The van der Waals surface area contributed by atoms with Gasteiger partial charge in [0, 0.05) is 11.6 Å². The van der Waals surface area contributed by atoms with Crippen molar-refractivity contribution in [3.8, 4) is 0 Å². The fourth-order valence-corrected chi connectivity index (χ4v) is 4.89. The van der Waals surface area contributed by atoms with Crippen LogP contribution in [0.15, 0.2) is 41.4 Å². The highest BCUT2D eigenvalue weighted by Crippen LogP contribution is 2.41. The van der Waals surface area contributed by atoms with Gasteiger partial charge in [0.25, 0.3) is 0 Å². The van der Waals surface area contributed by atoms with Crippen LogP contribution in [-0.2, 0) is 16.1 Å². The molecule has 4 rings (SSSR count). The molecule has 1 heterocycles. The molecular weight excluding hydrogens is 356 g/mol. The second-order valence-electron chi connectivity index (χ2n) is 6.81. The van der Waals surface area contributed by atoms with Crippen molar-refractivity contribution < 1.29 is 9.53 Å². The van der Waals surface area contributed by atoms with Crippen LogP contribution in [0.5, 0.6) is 0 Å². The van der Waals surface area contributed by atoms with E-state index in [1.807, 2.05) is 24.3 Å². The van der Waals surface area contributed by atoms with Gasteiger partial charge in [0.1, 0.15) is 0 Å². The Hall–Kier alpha value is -1.30. The van der Waals surface area contributed by atoms with E-state index in [4.69, 9.17) is 21.3 Å². The minimum absolute atomic E-state index is 0.0452. The Morgan fingerprint density at radius 1 is 1.28 bits per heavy atom. The van der Waals surface area contributed by atoms with Crippen molar-refractivity contribution in [2.24, 2.45) is 16.8 Å². The van der Waals surface area contributed by atoms with Gasteiger partial charge < -0.3 is 10.1 Å². The number of amidine groups is 1. The first-order valence-electron chi connectivity index (χ1n) is 8.74. The zero-order valence-corrected chi connectivity index (χ0v) is 15.4. The molecule has 1 saturated carbocycles. The highest BCUT2D eigenvalue weighted by Gasteiger charge is 2.37. The van der Waals surface area contributed by atoms with Gasteiger partial charge in [-0.15, -0.1) is 0 Å². The number of halogens is 1. The maximum atomic E-state index is 12.1. The molecule has 2 aliphatic carbocycles. The van der Waals surface area contributed by atoms with Crippen molar-refractivity contribution in [1.29, 1.82) is 0 Å². The van der Waals surface area contributed by atoms with Crippen LogP contribution >= 0.6 is 23.4 Å². The predicted octanol–water partition coefficient (Wildman–Crippen LogP) is 3.80. The molecule has 1 aromatic rings. The average molecular weight is 377 g/mol. The van der Waals surface area contributed by atoms with Gasteiger partial charge in [0.2, 0.25) is 5.91 Å². The fourth-order valence-electron chi connectivity index (χ4n) is 3.70. The lowest BCUT2D eigenvalue weighted by molar-refractivity contribution is -0.119. The summed E-state index contributed by atoms with van der Waals surface area (Å²) in [6.45, 7) is 0.998. The van der Waals surface area contributed by atoms with Crippen LogP contribution in [0.25, 0.3) is 0 Å². The lowest BCUT2D eigenvalue weighted by Gasteiger charge is -2.13. The number of carbonyl (C=O) groups is 1. The lowest BCUT2D eigenvalue weighted by atomic mass is 10.0. The number of hydrogen-bond donors (Lipinski definition) is 1. The first-order chi connectivity index (χ1) is 12.2. The van der Waals surface area contributed by atoms with E-state index < -0.39 is 0 Å². The number of nitrogens with one attached hydrogen (secondary N) is 1. The molecule has 1 amide bonds. The highest BCUT2D eigenvalue weighted by atomic mass is 35.5. The van der Waals surface area contributed by atoms with Crippen molar-refractivity contribution in [1.82, 2.24) is 5.32 Å². The monoisotopic (exact) mass is 376 g/mol. The van der Waals surface area contributed by atoms with E-state index in [9.17, 15) is 4.79 Å². The van der Waals surface area contributed by atoms with Gasteiger partial charge in [-0.1, -0.05) is 53.7 Å². The molecule has 25 heavy (non-hydrogen) atoms. The lowest BCUT2D eigenvalue weighted by Crippen LogP contribution is -2.26. The zero-order chi connectivity index (χ0) is 17.2. The third-order valence-electron chi connectivity index (χ3n) is 5.04. The summed E-state index contributed by atoms with van der Waals surface area (Å²) in [5.41, 5.74) is 0.972. The normalized spacial score (nSPS) is 31.9. The standard InChI is InChI=1S/C19H21ClN2O2S/c20-15-4-2-1-3-14(15)11-24-8-7-17-18(23)22-19(25-17)21-16-10-12-5-6-13(16)9-12/h1-6,12-13,16-17H,7-11H2,(H,21,22,23). The third-order valence-corrected chi connectivity index (χ3v) is 6.58.